The molecule has 4 rings (SSSR count). The fraction of sp³-hybridized carbons (Fsp3) is 0.308. The Balaban J connectivity index is 1.62. The largest absolute Gasteiger partial charge is 0.355 e. The van der Waals surface area contributed by atoms with Crippen molar-refractivity contribution >= 4 is 21.4 Å². The van der Waals surface area contributed by atoms with Gasteiger partial charge in [-0.2, -0.15) is 4.31 Å². The molecule has 1 heterocycles. The van der Waals surface area contributed by atoms with Crippen LogP contribution >= 0.6 is 0 Å². The topological polar surface area (TPSA) is 78.7 Å². The van der Waals surface area contributed by atoms with Crippen LogP contribution in [0.5, 0.6) is 0 Å². The van der Waals surface area contributed by atoms with Gasteiger partial charge in [-0.1, -0.05) is 42.5 Å². The van der Waals surface area contributed by atoms with Crippen molar-refractivity contribution < 1.29 is 8.42 Å². The Kier molecular flexibility index (Phi) is 6.86. The third kappa shape index (κ3) is 5.45. The first kappa shape index (κ1) is 23.4. The number of hydrogen-bond donors (Lipinski definition) is 2. The molecule has 1 aliphatic heterocycles. The second-order valence-electron chi connectivity index (χ2n) is 8.93. The maximum Gasteiger partial charge on any atom is 0.211 e. The highest BCUT2D eigenvalue weighted by Gasteiger charge is 2.24. The molecule has 0 aromatic heterocycles. The van der Waals surface area contributed by atoms with Crippen LogP contribution in [0.3, 0.4) is 0 Å². The van der Waals surface area contributed by atoms with Crippen LogP contribution in [0.15, 0.2) is 60.7 Å². The van der Waals surface area contributed by atoms with E-state index in [1.807, 2.05) is 12.1 Å². The molecular weight excluding hydrogens is 432 g/mol. The predicted molar refractivity (Wildman–Crippen MR) is 136 cm³/mol. The first-order valence-electron chi connectivity index (χ1n) is 11.1. The summed E-state index contributed by atoms with van der Waals surface area (Å²) >= 11 is 0. The third-order valence-electron chi connectivity index (χ3n) is 6.07. The Morgan fingerprint density at radius 2 is 1.82 bits per heavy atom. The summed E-state index contributed by atoms with van der Waals surface area (Å²) in [7, 11) is 0.936. The quantitative estimate of drug-likeness (QED) is 0.554. The minimum absolute atomic E-state index is 0.417. The lowest BCUT2D eigenvalue weighted by Crippen LogP contribution is -2.35. The summed E-state index contributed by atoms with van der Waals surface area (Å²) in [5.74, 6) is 0. The van der Waals surface area contributed by atoms with E-state index in [4.69, 9.17) is 5.73 Å². The Morgan fingerprint density at radius 3 is 2.48 bits per heavy atom. The Hall–Kier alpha value is -2.71. The van der Waals surface area contributed by atoms with Crippen molar-refractivity contribution in [3.8, 4) is 11.1 Å². The number of sulfonamides is 1. The van der Waals surface area contributed by atoms with E-state index in [1.54, 1.807) is 0 Å². The van der Waals surface area contributed by atoms with Gasteiger partial charge in [-0.05, 0) is 72.1 Å². The van der Waals surface area contributed by atoms with Crippen LogP contribution in [-0.4, -0.2) is 44.5 Å². The molecule has 0 saturated carbocycles. The van der Waals surface area contributed by atoms with Crippen molar-refractivity contribution in [3.63, 3.8) is 0 Å². The third-order valence-corrected chi connectivity index (χ3v) is 7.32. The molecule has 0 unspecified atom stereocenters. The number of nitrogens with one attached hydrogen (secondary N) is 1. The molecule has 0 spiro atoms. The predicted octanol–water partition coefficient (Wildman–Crippen LogP) is 3.94. The Bertz CT molecular complexity index is 1240. The molecule has 0 radical (unpaired) electrons. The minimum atomic E-state index is -3.20. The molecule has 0 aliphatic carbocycles. The second kappa shape index (κ2) is 9.65. The van der Waals surface area contributed by atoms with Crippen LogP contribution in [0, 0.1) is 0 Å². The van der Waals surface area contributed by atoms with Gasteiger partial charge in [0.25, 0.3) is 0 Å². The second-order valence-corrected chi connectivity index (χ2v) is 10.9. The number of rotatable bonds is 7. The first-order chi connectivity index (χ1) is 15.7. The lowest BCUT2D eigenvalue weighted by molar-refractivity contribution is 0.395. The van der Waals surface area contributed by atoms with Crippen LogP contribution in [0.2, 0.25) is 0 Å². The molecule has 33 heavy (non-hydrogen) atoms. The first-order valence-corrected chi connectivity index (χ1v) is 13.0. The Labute approximate surface area is 197 Å². The normalized spacial score (nSPS) is 14.3. The van der Waals surface area contributed by atoms with E-state index in [-0.39, 0.29) is 0 Å². The fourth-order valence-electron chi connectivity index (χ4n) is 4.40. The smallest absolute Gasteiger partial charge is 0.211 e. The van der Waals surface area contributed by atoms with Gasteiger partial charge in [0.2, 0.25) is 10.0 Å². The zero-order valence-electron chi connectivity index (χ0n) is 19.5. The summed E-state index contributed by atoms with van der Waals surface area (Å²) in [5.41, 5.74) is 14.9. The SMILES string of the molecule is CN(C)Cc1ccc(-c2cc(Nc3cccc4c3CCN(S(C)(=O)=O)C4)ccc2CN)cc1. The van der Waals surface area contributed by atoms with E-state index >= 15 is 0 Å². The number of benzene rings is 3. The highest BCUT2D eigenvalue weighted by molar-refractivity contribution is 7.88. The summed E-state index contributed by atoms with van der Waals surface area (Å²) in [6.45, 7) is 2.29. The average molecular weight is 465 g/mol. The molecule has 1 aliphatic rings. The molecule has 0 amide bonds. The molecule has 0 bridgehead atoms. The molecule has 6 nitrogen and oxygen atoms in total. The van der Waals surface area contributed by atoms with Crippen LogP contribution in [-0.2, 0) is 36.1 Å². The molecule has 174 valence electrons. The van der Waals surface area contributed by atoms with Crippen LogP contribution < -0.4 is 11.1 Å². The van der Waals surface area contributed by atoms with Gasteiger partial charge in [0.05, 0.1) is 6.26 Å². The highest BCUT2D eigenvalue weighted by atomic mass is 32.2. The number of anilines is 2. The van der Waals surface area contributed by atoms with E-state index in [0.29, 0.717) is 26.1 Å². The van der Waals surface area contributed by atoms with Crippen molar-refractivity contribution in [2.45, 2.75) is 26.1 Å². The van der Waals surface area contributed by atoms with Gasteiger partial charge in [-0.15, -0.1) is 0 Å². The number of nitrogens with zero attached hydrogens (tertiary/aromatic N) is 2. The number of hydrogen-bond acceptors (Lipinski definition) is 5. The van der Waals surface area contributed by atoms with Crippen molar-refractivity contribution in [2.24, 2.45) is 5.73 Å². The standard InChI is InChI=1S/C26H32N4O2S/c1-29(2)17-19-7-9-20(10-8-19)25-15-23(12-11-21(25)16-27)28-26-6-4-5-22-18-30(33(3,31)32)14-13-24(22)26/h4-12,15,28H,13-14,16-18,27H2,1-3H3. The van der Waals surface area contributed by atoms with Crippen molar-refractivity contribution in [3.05, 3.63) is 82.9 Å². The van der Waals surface area contributed by atoms with E-state index in [0.717, 1.165) is 40.2 Å². The Morgan fingerprint density at radius 1 is 1.06 bits per heavy atom. The molecule has 3 aromatic carbocycles. The molecule has 0 saturated heterocycles. The molecule has 3 aromatic rings. The van der Waals surface area contributed by atoms with Gasteiger partial charge >= 0.3 is 0 Å². The van der Waals surface area contributed by atoms with Gasteiger partial charge in [-0.3, -0.25) is 0 Å². The van der Waals surface area contributed by atoms with Gasteiger partial charge in [0.15, 0.2) is 0 Å². The van der Waals surface area contributed by atoms with E-state index in [9.17, 15) is 8.42 Å². The zero-order valence-corrected chi connectivity index (χ0v) is 20.3. The monoisotopic (exact) mass is 464 g/mol. The fourth-order valence-corrected chi connectivity index (χ4v) is 5.19. The molecule has 0 atom stereocenters. The maximum absolute atomic E-state index is 12.0. The van der Waals surface area contributed by atoms with E-state index in [2.05, 4.69) is 72.8 Å². The van der Waals surface area contributed by atoms with E-state index in [1.165, 1.54) is 21.7 Å². The maximum atomic E-state index is 12.0. The highest BCUT2D eigenvalue weighted by Crippen LogP contribution is 2.32. The minimum Gasteiger partial charge on any atom is -0.355 e. The van der Waals surface area contributed by atoms with Crippen LogP contribution in [0.1, 0.15) is 22.3 Å². The van der Waals surface area contributed by atoms with E-state index < -0.39 is 10.0 Å². The lowest BCUT2D eigenvalue weighted by Gasteiger charge is -2.28. The van der Waals surface area contributed by atoms with Crippen LogP contribution in [0.4, 0.5) is 11.4 Å². The van der Waals surface area contributed by atoms with Gasteiger partial charge < -0.3 is 16.0 Å². The average Bonchev–Trinajstić information content (AvgIpc) is 2.78. The molecular formula is C26H32N4O2S. The van der Waals surface area contributed by atoms with Crippen molar-refractivity contribution in [2.75, 3.05) is 32.2 Å². The number of nitrogens with two attached hydrogens (primary N) is 1. The molecule has 0 fully saturated rings. The van der Waals surface area contributed by atoms with Crippen molar-refractivity contribution in [1.29, 1.82) is 0 Å². The summed E-state index contributed by atoms with van der Waals surface area (Å²) in [5, 5.41) is 3.57. The lowest BCUT2D eigenvalue weighted by atomic mass is 9.96. The van der Waals surface area contributed by atoms with Gasteiger partial charge in [0, 0.05) is 37.6 Å². The number of fused-ring (bicyclic) bond motifs is 1. The summed E-state index contributed by atoms with van der Waals surface area (Å²) < 4.78 is 25.5. The summed E-state index contributed by atoms with van der Waals surface area (Å²) in [4.78, 5) is 2.15. The van der Waals surface area contributed by atoms with Crippen molar-refractivity contribution in [1.82, 2.24) is 9.21 Å². The zero-order chi connectivity index (χ0) is 23.6. The van der Waals surface area contributed by atoms with Crippen LogP contribution in [0.25, 0.3) is 11.1 Å². The van der Waals surface area contributed by atoms with Gasteiger partial charge in [0.1, 0.15) is 0 Å². The van der Waals surface area contributed by atoms with Gasteiger partial charge in [-0.25, -0.2) is 8.42 Å². The summed E-state index contributed by atoms with van der Waals surface area (Å²) in [6.07, 6.45) is 1.96. The molecule has 3 N–H and O–H groups in total. The summed E-state index contributed by atoms with van der Waals surface area (Å²) in [6, 6.07) is 21.0. The molecule has 7 heteroatoms.